The number of likely N-dealkylation sites (tertiary alicyclic amines) is 1. The molecule has 0 amide bonds. The fraction of sp³-hybridized carbons (Fsp3) is 1.00. The van der Waals surface area contributed by atoms with Crippen molar-refractivity contribution in [1.29, 1.82) is 0 Å². The zero-order valence-corrected chi connectivity index (χ0v) is 9.78. The average Bonchev–Trinajstić information content (AvgIpc) is 2.15. The topological polar surface area (TPSA) is 35.9 Å². The lowest BCUT2D eigenvalue weighted by molar-refractivity contribution is -0.114. The molecule has 2 rings (SSSR count). The van der Waals surface area contributed by atoms with Gasteiger partial charge in [-0.3, -0.25) is 9.80 Å². The maximum atomic E-state index is 9.62. The van der Waals surface area contributed by atoms with E-state index >= 15 is 0 Å². The molecule has 0 aliphatic carbocycles. The lowest BCUT2D eigenvalue weighted by Gasteiger charge is -2.46. The van der Waals surface area contributed by atoms with E-state index in [9.17, 15) is 5.11 Å². The highest BCUT2D eigenvalue weighted by atomic mass is 16.5. The highest BCUT2D eigenvalue weighted by Gasteiger charge is 2.37. The van der Waals surface area contributed by atoms with Crippen molar-refractivity contribution < 1.29 is 9.84 Å². The highest BCUT2D eigenvalue weighted by molar-refractivity contribution is 4.92. The molecule has 2 fully saturated rings. The molecule has 2 aliphatic heterocycles. The van der Waals surface area contributed by atoms with Crippen molar-refractivity contribution in [2.24, 2.45) is 0 Å². The molecule has 0 aromatic carbocycles. The first kappa shape index (κ1) is 11.3. The number of morpholine rings is 1. The molecule has 2 heterocycles. The van der Waals surface area contributed by atoms with Gasteiger partial charge in [-0.15, -0.1) is 0 Å². The third-order valence-corrected chi connectivity index (χ3v) is 3.26. The predicted molar refractivity (Wildman–Crippen MR) is 58.9 cm³/mol. The van der Waals surface area contributed by atoms with E-state index in [1.807, 2.05) is 6.92 Å². The molecule has 0 aromatic heterocycles. The molecule has 1 N–H and O–H groups in total. The third-order valence-electron chi connectivity index (χ3n) is 3.26. The summed E-state index contributed by atoms with van der Waals surface area (Å²) in [5, 5.41) is 9.62. The average molecular weight is 214 g/mol. The molecule has 4 nitrogen and oxygen atoms in total. The molecule has 0 aromatic rings. The summed E-state index contributed by atoms with van der Waals surface area (Å²) in [7, 11) is 0. The Morgan fingerprint density at radius 3 is 2.73 bits per heavy atom. The van der Waals surface area contributed by atoms with Crippen molar-refractivity contribution in [3.8, 4) is 0 Å². The minimum atomic E-state index is -0.459. The van der Waals surface area contributed by atoms with Gasteiger partial charge in [0.1, 0.15) is 0 Å². The number of β-amino-alcohol motifs (C(OH)–C–C–N with tert-alkyl or cyclic N) is 1. The molecule has 88 valence electrons. The summed E-state index contributed by atoms with van der Waals surface area (Å²) < 4.78 is 5.72. The number of hydrogen-bond donors (Lipinski definition) is 1. The molecule has 4 heteroatoms. The summed E-state index contributed by atoms with van der Waals surface area (Å²) in [5.74, 6) is 0. The van der Waals surface area contributed by atoms with Gasteiger partial charge in [-0.05, 0) is 13.5 Å². The predicted octanol–water partition coefficient (Wildman–Crippen LogP) is -0.226. The Morgan fingerprint density at radius 2 is 2.13 bits per heavy atom. The van der Waals surface area contributed by atoms with Crippen LogP contribution in [0.1, 0.15) is 13.8 Å². The number of nitrogens with zero attached hydrogens (tertiary/aromatic N) is 2. The molecular formula is C11H22N2O2. The van der Waals surface area contributed by atoms with Crippen molar-refractivity contribution in [3.05, 3.63) is 0 Å². The van der Waals surface area contributed by atoms with E-state index in [1.54, 1.807) is 0 Å². The van der Waals surface area contributed by atoms with Gasteiger partial charge in [0.25, 0.3) is 0 Å². The summed E-state index contributed by atoms with van der Waals surface area (Å²) in [4.78, 5) is 4.69. The standard InChI is InChI=1S/C11H22N2O2/c1-3-12-4-5-15-10(6-12)7-13-8-11(2,14)9-13/h10,14H,3-9H2,1-2H3. The Labute approximate surface area is 91.8 Å². The molecule has 2 aliphatic rings. The number of ether oxygens (including phenoxy) is 1. The first-order valence-corrected chi connectivity index (χ1v) is 5.88. The van der Waals surface area contributed by atoms with E-state index in [4.69, 9.17) is 4.74 Å². The van der Waals surface area contributed by atoms with Gasteiger partial charge in [-0.2, -0.15) is 0 Å². The summed E-state index contributed by atoms with van der Waals surface area (Å²) in [6, 6.07) is 0. The van der Waals surface area contributed by atoms with Crippen LogP contribution in [0.2, 0.25) is 0 Å². The van der Waals surface area contributed by atoms with Crippen LogP contribution in [0.4, 0.5) is 0 Å². The maximum Gasteiger partial charge on any atom is 0.0872 e. The van der Waals surface area contributed by atoms with E-state index in [2.05, 4.69) is 16.7 Å². The van der Waals surface area contributed by atoms with Gasteiger partial charge < -0.3 is 9.84 Å². The van der Waals surface area contributed by atoms with Crippen LogP contribution >= 0.6 is 0 Å². The second-order valence-electron chi connectivity index (χ2n) is 5.05. The second kappa shape index (κ2) is 4.37. The van der Waals surface area contributed by atoms with Gasteiger partial charge in [-0.1, -0.05) is 6.92 Å². The smallest absolute Gasteiger partial charge is 0.0872 e. The fourth-order valence-electron chi connectivity index (χ4n) is 2.51. The van der Waals surface area contributed by atoms with Gasteiger partial charge >= 0.3 is 0 Å². The van der Waals surface area contributed by atoms with E-state index in [1.165, 1.54) is 0 Å². The van der Waals surface area contributed by atoms with Gasteiger partial charge in [0, 0.05) is 32.7 Å². The van der Waals surface area contributed by atoms with Crippen LogP contribution in [0.5, 0.6) is 0 Å². The molecule has 0 spiro atoms. The van der Waals surface area contributed by atoms with E-state index in [0.29, 0.717) is 6.10 Å². The maximum absolute atomic E-state index is 9.62. The van der Waals surface area contributed by atoms with Crippen molar-refractivity contribution >= 4 is 0 Å². The van der Waals surface area contributed by atoms with Gasteiger partial charge in [0.2, 0.25) is 0 Å². The zero-order valence-electron chi connectivity index (χ0n) is 9.78. The van der Waals surface area contributed by atoms with Crippen molar-refractivity contribution in [3.63, 3.8) is 0 Å². The Morgan fingerprint density at radius 1 is 1.40 bits per heavy atom. The summed E-state index contributed by atoms with van der Waals surface area (Å²) in [5.41, 5.74) is -0.459. The molecule has 1 atom stereocenters. The molecule has 1 unspecified atom stereocenters. The fourth-order valence-corrected chi connectivity index (χ4v) is 2.51. The Kier molecular flexibility index (Phi) is 3.30. The number of likely N-dealkylation sites (N-methyl/N-ethyl adjacent to an activating group) is 1. The second-order valence-corrected chi connectivity index (χ2v) is 5.05. The lowest BCUT2D eigenvalue weighted by atomic mass is 9.96. The SMILES string of the molecule is CCN1CCOC(CN2CC(C)(O)C2)C1. The van der Waals surface area contributed by atoms with Crippen LogP contribution in [0, 0.1) is 0 Å². The quantitative estimate of drug-likeness (QED) is 0.704. The number of hydrogen-bond acceptors (Lipinski definition) is 4. The number of aliphatic hydroxyl groups is 1. The van der Waals surface area contributed by atoms with Crippen LogP contribution in [0.3, 0.4) is 0 Å². The van der Waals surface area contributed by atoms with Crippen LogP contribution in [-0.2, 0) is 4.74 Å². The monoisotopic (exact) mass is 214 g/mol. The van der Waals surface area contributed by atoms with Gasteiger partial charge in [-0.25, -0.2) is 0 Å². The van der Waals surface area contributed by atoms with E-state index in [0.717, 1.165) is 45.9 Å². The normalized spacial score (nSPS) is 32.6. The molecule has 15 heavy (non-hydrogen) atoms. The molecule has 0 bridgehead atoms. The summed E-state index contributed by atoms with van der Waals surface area (Å²) >= 11 is 0. The van der Waals surface area contributed by atoms with Gasteiger partial charge in [0.05, 0.1) is 18.3 Å². The Hall–Kier alpha value is -0.160. The van der Waals surface area contributed by atoms with Crippen molar-refractivity contribution in [2.45, 2.75) is 25.6 Å². The molecular weight excluding hydrogens is 192 g/mol. The summed E-state index contributed by atoms with van der Waals surface area (Å²) in [6.07, 6.45) is 0.329. The van der Waals surface area contributed by atoms with Crippen LogP contribution in [-0.4, -0.2) is 72.5 Å². The zero-order chi connectivity index (χ0) is 10.9. The minimum absolute atomic E-state index is 0.329. The minimum Gasteiger partial charge on any atom is -0.388 e. The third kappa shape index (κ3) is 2.91. The number of rotatable bonds is 3. The van der Waals surface area contributed by atoms with Gasteiger partial charge in [0.15, 0.2) is 0 Å². The highest BCUT2D eigenvalue weighted by Crippen LogP contribution is 2.20. The van der Waals surface area contributed by atoms with E-state index in [-0.39, 0.29) is 0 Å². The largest absolute Gasteiger partial charge is 0.388 e. The molecule has 2 saturated heterocycles. The van der Waals surface area contributed by atoms with Crippen LogP contribution in [0.25, 0.3) is 0 Å². The first-order chi connectivity index (χ1) is 7.09. The first-order valence-electron chi connectivity index (χ1n) is 5.88. The van der Waals surface area contributed by atoms with Crippen LogP contribution < -0.4 is 0 Å². The van der Waals surface area contributed by atoms with Crippen molar-refractivity contribution in [1.82, 2.24) is 9.80 Å². The van der Waals surface area contributed by atoms with Crippen molar-refractivity contribution in [2.75, 3.05) is 45.9 Å². The van der Waals surface area contributed by atoms with E-state index < -0.39 is 5.60 Å². The Balaban J connectivity index is 1.71. The molecule has 0 saturated carbocycles. The summed E-state index contributed by atoms with van der Waals surface area (Å²) in [6.45, 7) is 10.7. The molecule has 0 radical (unpaired) electrons. The van der Waals surface area contributed by atoms with Crippen LogP contribution in [0.15, 0.2) is 0 Å². The Bertz CT molecular complexity index is 213. The lowest BCUT2D eigenvalue weighted by Crippen LogP contribution is -2.62.